The van der Waals surface area contributed by atoms with E-state index in [1.54, 1.807) is 11.1 Å². The van der Waals surface area contributed by atoms with E-state index in [4.69, 9.17) is 16.4 Å². The smallest absolute Gasteiger partial charge is 0.262 e. The van der Waals surface area contributed by atoms with Gasteiger partial charge in [-0.1, -0.05) is 72.3 Å². The molecule has 2 aliphatic heterocycles. The molecule has 5 nitrogen and oxygen atoms in total. The van der Waals surface area contributed by atoms with Crippen LogP contribution in [0.15, 0.2) is 84.9 Å². The predicted octanol–water partition coefficient (Wildman–Crippen LogP) is 4.39. The zero-order valence-corrected chi connectivity index (χ0v) is 16.8. The fourth-order valence-corrected chi connectivity index (χ4v) is 4.42. The summed E-state index contributed by atoms with van der Waals surface area (Å²) in [5.41, 5.74) is 2.52. The van der Waals surface area contributed by atoms with Crippen molar-refractivity contribution < 1.29 is 14.4 Å². The van der Waals surface area contributed by atoms with Gasteiger partial charge in [-0.05, 0) is 35.4 Å². The third-order valence-corrected chi connectivity index (χ3v) is 5.83. The van der Waals surface area contributed by atoms with E-state index in [1.807, 2.05) is 78.9 Å². The van der Waals surface area contributed by atoms with Crippen LogP contribution in [0.25, 0.3) is 0 Å². The first-order valence-corrected chi connectivity index (χ1v) is 10.2. The second-order valence-corrected chi connectivity index (χ2v) is 7.90. The fourth-order valence-electron chi connectivity index (χ4n) is 4.22. The van der Waals surface area contributed by atoms with Gasteiger partial charge in [0.15, 0.2) is 6.10 Å². The monoisotopic (exact) mass is 418 g/mol. The minimum absolute atomic E-state index is 0.225. The van der Waals surface area contributed by atoms with E-state index in [1.165, 1.54) is 4.90 Å². The van der Waals surface area contributed by atoms with Gasteiger partial charge in [0.25, 0.3) is 5.91 Å². The van der Waals surface area contributed by atoms with Crippen LogP contribution in [0.4, 0.5) is 5.69 Å². The number of nitrogens with zero attached hydrogens (tertiary/aromatic N) is 2. The van der Waals surface area contributed by atoms with Crippen molar-refractivity contribution in [2.45, 2.75) is 18.7 Å². The van der Waals surface area contributed by atoms with Gasteiger partial charge in [0, 0.05) is 5.02 Å². The lowest BCUT2D eigenvalue weighted by atomic mass is 9.90. The maximum absolute atomic E-state index is 13.4. The molecule has 6 heteroatoms. The summed E-state index contributed by atoms with van der Waals surface area (Å²) in [5.74, 6) is -1.17. The van der Waals surface area contributed by atoms with Crippen molar-refractivity contribution in [1.82, 2.24) is 4.90 Å². The van der Waals surface area contributed by atoms with Crippen LogP contribution in [-0.2, 0) is 21.0 Å². The van der Waals surface area contributed by atoms with Crippen LogP contribution in [0.2, 0.25) is 5.02 Å². The van der Waals surface area contributed by atoms with Crippen molar-refractivity contribution >= 4 is 29.1 Å². The van der Waals surface area contributed by atoms with Crippen LogP contribution in [0, 0.1) is 5.92 Å². The molecule has 0 saturated carbocycles. The number of carbonyl (C=O) groups excluding carboxylic acids is 2. The van der Waals surface area contributed by atoms with Gasteiger partial charge < -0.3 is 0 Å². The lowest BCUT2D eigenvalue weighted by Gasteiger charge is -2.28. The molecule has 3 unspecified atom stereocenters. The fraction of sp³-hybridized carbons (Fsp3) is 0.167. The Hall–Kier alpha value is -3.15. The van der Waals surface area contributed by atoms with Crippen molar-refractivity contribution in [3.63, 3.8) is 0 Å². The van der Waals surface area contributed by atoms with Crippen molar-refractivity contribution in [3.05, 3.63) is 101 Å². The van der Waals surface area contributed by atoms with Gasteiger partial charge in [-0.15, -0.1) is 0 Å². The maximum Gasteiger partial charge on any atom is 0.262 e. The molecule has 150 valence electrons. The van der Waals surface area contributed by atoms with Crippen molar-refractivity contribution in [2.75, 3.05) is 5.06 Å². The van der Waals surface area contributed by atoms with E-state index in [-0.39, 0.29) is 18.4 Å². The molecule has 2 amide bonds. The standard InChI is InChI=1S/C24H19ClN2O3/c25-18-11-7-10-17(14-18)21-20-22(30-27(21)19-12-5-2-6-13-19)24(29)26(23(20)28)15-16-8-3-1-4-9-16/h1-14,20-22H,15H2. The zero-order chi connectivity index (χ0) is 20.7. The molecule has 30 heavy (non-hydrogen) atoms. The number of carbonyl (C=O) groups is 2. The molecule has 0 bridgehead atoms. The number of halogens is 1. The van der Waals surface area contributed by atoms with Gasteiger partial charge in [0.1, 0.15) is 5.92 Å². The Morgan fingerprint density at radius 3 is 2.23 bits per heavy atom. The van der Waals surface area contributed by atoms with Crippen molar-refractivity contribution in [1.29, 1.82) is 0 Å². The summed E-state index contributed by atoms with van der Waals surface area (Å²) in [6.07, 6.45) is -0.856. The van der Waals surface area contributed by atoms with Gasteiger partial charge in [0.05, 0.1) is 18.3 Å². The highest BCUT2D eigenvalue weighted by molar-refractivity contribution is 6.30. The summed E-state index contributed by atoms with van der Waals surface area (Å²) in [4.78, 5) is 34.0. The third kappa shape index (κ3) is 3.16. The van der Waals surface area contributed by atoms with Crippen LogP contribution in [-0.4, -0.2) is 22.8 Å². The van der Waals surface area contributed by atoms with Crippen LogP contribution >= 0.6 is 11.6 Å². The topological polar surface area (TPSA) is 49.9 Å². The van der Waals surface area contributed by atoms with Gasteiger partial charge in [-0.3, -0.25) is 19.3 Å². The number of imide groups is 1. The van der Waals surface area contributed by atoms with Gasteiger partial charge in [-0.2, -0.15) is 0 Å². The second kappa shape index (κ2) is 7.59. The highest BCUT2D eigenvalue weighted by Gasteiger charge is 2.59. The molecule has 0 N–H and O–H groups in total. The molecule has 2 fully saturated rings. The Kier molecular flexibility index (Phi) is 4.77. The van der Waals surface area contributed by atoms with E-state index in [0.29, 0.717) is 5.02 Å². The third-order valence-electron chi connectivity index (χ3n) is 5.59. The molecule has 3 atom stereocenters. The van der Waals surface area contributed by atoms with E-state index < -0.39 is 18.1 Å². The maximum atomic E-state index is 13.4. The number of amides is 2. The normalized spacial score (nSPS) is 23.2. The summed E-state index contributed by atoms with van der Waals surface area (Å²) < 4.78 is 0. The number of likely N-dealkylation sites (tertiary alicyclic amines) is 1. The number of hydrogen-bond donors (Lipinski definition) is 0. The number of hydroxylamine groups is 1. The lowest BCUT2D eigenvalue weighted by Crippen LogP contribution is -2.36. The number of hydrogen-bond acceptors (Lipinski definition) is 4. The molecule has 2 saturated heterocycles. The number of anilines is 1. The van der Waals surface area contributed by atoms with Crippen LogP contribution in [0.1, 0.15) is 17.2 Å². The Morgan fingerprint density at radius 2 is 1.53 bits per heavy atom. The van der Waals surface area contributed by atoms with Gasteiger partial charge in [0.2, 0.25) is 5.91 Å². The molecule has 0 aliphatic carbocycles. The molecule has 3 aromatic rings. The lowest BCUT2D eigenvalue weighted by molar-refractivity contribution is -0.143. The first-order valence-electron chi connectivity index (χ1n) is 9.79. The Bertz CT molecular complexity index is 1090. The van der Waals surface area contributed by atoms with E-state index in [9.17, 15) is 9.59 Å². The number of fused-ring (bicyclic) bond motifs is 1. The Balaban J connectivity index is 1.53. The summed E-state index contributed by atoms with van der Waals surface area (Å²) in [6.45, 7) is 0.239. The number of rotatable bonds is 4. The van der Waals surface area contributed by atoms with E-state index in [0.717, 1.165) is 16.8 Å². The molecule has 5 rings (SSSR count). The van der Waals surface area contributed by atoms with E-state index >= 15 is 0 Å². The summed E-state index contributed by atoms with van der Waals surface area (Å²) in [7, 11) is 0. The highest BCUT2D eigenvalue weighted by Crippen LogP contribution is 2.47. The minimum Gasteiger partial charge on any atom is -0.275 e. The summed E-state index contributed by atoms with van der Waals surface area (Å²) in [5, 5.41) is 2.25. The zero-order valence-electron chi connectivity index (χ0n) is 16.0. The quantitative estimate of drug-likeness (QED) is 0.590. The molecule has 0 spiro atoms. The molecular formula is C24H19ClN2O3. The Labute approximate surface area is 179 Å². The molecule has 2 aliphatic rings. The molecule has 0 radical (unpaired) electrons. The summed E-state index contributed by atoms with van der Waals surface area (Å²) >= 11 is 6.24. The van der Waals surface area contributed by atoms with Crippen LogP contribution in [0.3, 0.4) is 0 Å². The molecule has 0 aromatic heterocycles. The van der Waals surface area contributed by atoms with Crippen LogP contribution in [0.5, 0.6) is 0 Å². The minimum atomic E-state index is -0.856. The first kappa shape index (κ1) is 18.9. The average Bonchev–Trinajstić information content (AvgIpc) is 3.27. The van der Waals surface area contributed by atoms with Gasteiger partial charge in [-0.25, -0.2) is 5.06 Å². The number of benzene rings is 3. The van der Waals surface area contributed by atoms with Crippen LogP contribution < -0.4 is 5.06 Å². The number of para-hydroxylation sites is 1. The van der Waals surface area contributed by atoms with Gasteiger partial charge >= 0.3 is 0 Å². The second-order valence-electron chi connectivity index (χ2n) is 7.46. The van der Waals surface area contributed by atoms with E-state index in [2.05, 4.69) is 0 Å². The predicted molar refractivity (Wildman–Crippen MR) is 113 cm³/mol. The first-order chi connectivity index (χ1) is 14.6. The highest BCUT2D eigenvalue weighted by atomic mass is 35.5. The summed E-state index contributed by atoms with van der Waals surface area (Å²) in [6, 6.07) is 25.9. The van der Waals surface area contributed by atoms with Crippen molar-refractivity contribution in [3.8, 4) is 0 Å². The molecular weight excluding hydrogens is 400 g/mol. The largest absolute Gasteiger partial charge is 0.275 e. The Morgan fingerprint density at radius 1 is 0.833 bits per heavy atom. The van der Waals surface area contributed by atoms with Crippen molar-refractivity contribution in [2.24, 2.45) is 5.92 Å². The SMILES string of the molecule is O=C1C2ON(c3ccccc3)C(c3cccc(Cl)c3)C2C(=O)N1Cc1ccccc1. The molecule has 2 heterocycles. The average molecular weight is 419 g/mol. The molecule has 3 aromatic carbocycles.